The number of halogens is 1. The number of anilines is 1. The molecule has 1 aliphatic heterocycles. The predicted octanol–water partition coefficient (Wildman–Crippen LogP) is 3.72. The van der Waals surface area contributed by atoms with Gasteiger partial charge < -0.3 is 15.0 Å². The number of para-hydroxylation sites is 1. The highest BCUT2D eigenvalue weighted by atomic mass is 19.1. The smallest absolute Gasteiger partial charge is 0.129 e. The lowest BCUT2D eigenvalue weighted by atomic mass is 10.1. The van der Waals surface area contributed by atoms with Crippen LogP contribution < -0.4 is 15.0 Å². The molecule has 0 amide bonds. The molecule has 122 valence electrons. The van der Waals surface area contributed by atoms with E-state index < -0.39 is 0 Å². The van der Waals surface area contributed by atoms with E-state index in [1.54, 1.807) is 19.2 Å². The number of nitrogens with zero attached hydrogens (tertiary/aromatic N) is 1. The van der Waals surface area contributed by atoms with Crippen molar-refractivity contribution < 1.29 is 9.13 Å². The normalized spacial score (nSPS) is 14.3. The van der Waals surface area contributed by atoms with Crippen LogP contribution in [0.15, 0.2) is 42.5 Å². The SMILES string of the molecule is COc1ccccc1CNCc1c(F)cccc1N1CCCC1. The molecule has 2 aromatic carbocycles. The van der Waals surface area contributed by atoms with Crippen molar-refractivity contribution in [2.75, 3.05) is 25.1 Å². The Morgan fingerprint density at radius 2 is 1.83 bits per heavy atom. The van der Waals surface area contributed by atoms with E-state index in [1.807, 2.05) is 30.3 Å². The molecule has 0 saturated carbocycles. The van der Waals surface area contributed by atoms with Crippen LogP contribution in [0.3, 0.4) is 0 Å². The molecule has 4 heteroatoms. The maximum atomic E-state index is 14.3. The Morgan fingerprint density at radius 3 is 2.61 bits per heavy atom. The number of benzene rings is 2. The first-order valence-corrected chi connectivity index (χ1v) is 8.14. The van der Waals surface area contributed by atoms with Crippen LogP contribution in [0, 0.1) is 5.82 Å². The van der Waals surface area contributed by atoms with Gasteiger partial charge in [0.25, 0.3) is 0 Å². The lowest BCUT2D eigenvalue weighted by Crippen LogP contribution is -2.22. The summed E-state index contributed by atoms with van der Waals surface area (Å²) >= 11 is 0. The van der Waals surface area contributed by atoms with Gasteiger partial charge in [-0.25, -0.2) is 4.39 Å². The summed E-state index contributed by atoms with van der Waals surface area (Å²) in [4.78, 5) is 2.28. The van der Waals surface area contributed by atoms with Crippen LogP contribution in [0.2, 0.25) is 0 Å². The first-order chi connectivity index (χ1) is 11.3. The van der Waals surface area contributed by atoms with Gasteiger partial charge in [-0.1, -0.05) is 24.3 Å². The molecule has 1 aliphatic rings. The van der Waals surface area contributed by atoms with E-state index in [-0.39, 0.29) is 5.82 Å². The highest BCUT2D eigenvalue weighted by Gasteiger charge is 2.17. The second kappa shape index (κ2) is 7.47. The molecule has 0 aliphatic carbocycles. The third kappa shape index (κ3) is 3.64. The Balaban J connectivity index is 1.70. The minimum atomic E-state index is -0.137. The topological polar surface area (TPSA) is 24.5 Å². The van der Waals surface area contributed by atoms with Crippen LogP contribution in [-0.2, 0) is 13.1 Å². The van der Waals surface area contributed by atoms with Crippen molar-refractivity contribution in [3.63, 3.8) is 0 Å². The maximum absolute atomic E-state index is 14.3. The molecule has 1 heterocycles. The molecule has 0 aromatic heterocycles. The Labute approximate surface area is 137 Å². The average Bonchev–Trinajstić information content (AvgIpc) is 3.11. The largest absolute Gasteiger partial charge is 0.496 e. The standard InChI is InChI=1S/C19H23FN2O/c1-23-19-10-3-2-7-15(19)13-21-14-16-17(20)8-6-9-18(16)22-11-4-5-12-22/h2-3,6-10,21H,4-5,11-14H2,1H3. The summed E-state index contributed by atoms with van der Waals surface area (Å²) in [6.07, 6.45) is 2.37. The summed E-state index contributed by atoms with van der Waals surface area (Å²) in [5.41, 5.74) is 2.85. The van der Waals surface area contributed by atoms with E-state index in [1.165, 1.54) is 12.8 Å². The lowest BCUT2D eigenvalue weighted by Gasteiger charge is -2.22. The zero-order valence-electron chi connectivity index (χ0n) is 13.5. The number of ether oxygens (including phenoxy) is 1. The summed E-state index contributed by atoms with van der Waals surface area (Å²) in [5, 5.41) is 3.35. The Bertz CT molecular complexity index is 654. The van der Waals surface area contributed by atoms with Crippen LogP contribution >= 0.6 is 0 Å². The molecule has 1 N–H and O–H groups in total. The molecule has 2 aromatic rings. The van der Waals surface area contributed by atoms with Crippen molar-refractivity contribution in [3.05, 3.63) is 59.4 Å². The van der Waals surface area contributed by atoms with Crippen LogP contribution in [0.5, 0.6) is 5.75 Å². The molecule has 0 radical (unpaired) electrons. The summed E-state index contributed by atoms with van der Waals surface area (Å²) in [6.45, 7) is 3.19. The zero-order chi connectivity index (χ0) is 16.1. The van der Waals surface area contributed by atoms with Gasteiger partial charge in [0.1, 0.15) is 11.6 Å². The van der Waals surface area contributed by atoms with Crippen molar-refractivity contribution in [2.45, 2.75) is 25.9 Å². The van der Waals surface area contributed by atoms with Gasteiger partial charge in [-0.15, -0.1) is 0 Å². The molecular weight excluding hydrogens is 291 g/mol. The number of rotatable bonds is 6. The molecule has 23 heavy (non-hydrogen) atoms. The lowest BCUT2D eigenvalue weighted by molar-refractivity contribution is 0.407. The van der Waals surface area contributed by atoms with Crippen LogP contribution in [0.1, 0.15) is 24.0 Å². The molecule has 0 bridgehead atoms. The molecule has 1 saturated heterocycles. The minimum Gasteiger partial charge on any atom is -0.496 e. The van der Waals surface area contributed by atoms with Gasteiger partial charge in [0, 0.05) is 43.0 Å². The fourth-order valence-corrected chi connectivity index (χ4v) is 3.15. The molecule has 1 fully saturated rings. The van der Waals surface area contributed by atoms with E-state index in [9.17, 15) is 4.39 Å². The second-order valence-electron chi connectivity index (χ2n) is 5.85. The first kappa shape index (κ1) is 15.8. The van der Waals surface area contributed by atoms with Crippen LogP contribution in [-0.4, -0.2) is 20.2 Å². The highest BCUT2D eigenvalue weighted by molar-refractivity contribution is 5.54. The van der Waals surface area contributed by atoms with E-state index in [0.717, 1.165) is 35.7 Å². The Morgan fingerprint density at radius 1 is 1.04 bits per heavy atom. The number of methoxy groups -OCH3 is 1. The van der Waals surface area contributed by atoms with E-state index in [4.69, 9.17) is 4.74 Å². The molecular formula is C19H23FN2O. The Kier molecular flexibility index (Phi) is 5.13. The van der Waals surface area contributed by atoms with Crippen molar-refractivity contribution in [3.8, 4) is 5.75 Å². The molecule has 3 nitrogen and oxygen atoms in total. The van der Waals surface area contributed by atoms with Crippen molar-refractivity contribution in [2.24, 2.45) is 0 Å². The van der Waals surface area contributed by atoms with Gasteiger partial charge in [0.2, 0.25) is 0 Å². The average molecular weight is 314 g/mol. The van der Waals surface area contributed by atoms with Gasteiger partial charge >= 0.3 is 0 Å². The molecule has 0 spiro atoms. The molecule has 3 rings (SSSR count). The summed E-state index contributed by atoms with van der Waals surface area (Å²) in [6, 6.07) is 13.3. The van der Waals surface area contributed by atoms with Crippen molar-refractivity contribution in [1.29, 1.82) is 0 Å². The van der Waals surface area contributed by atoms with Crippen molar-refractivity contribution in [1.82, 2.24) is 5.32 Å². The maximum Gasteiger partial charge on any atom is 0.129 e. The number of hydrogen-bond donors (Lipinski definition) is 1. The second-order valence-corrected chi connectivity index (χ2v) is 5.85. The predicted molar refractivity (Wildman–Crippen MR) is 91.4 cm³/mol. The van der Waals surface area contributed by atoms with Gasteiger partial charge in [0.05, 0.1) is 7.11 Å². The summed E-state index contributed by atoms with van der Waals surface area (Å²) in [7, 11) is 1.67. The zero-order valence-corrected chi connectivity index (χ0v) is 13.5. The van der Waals surface area contributed by atoms with Gasteiger partial charge in [-0.05, 0) is 31.0 Å². The van der Waals surface area contributed by atoms with Crippen molar-refractivity contribution >= 4 is 5.69 Å². The van der Waals surface area contributed by atoms with Crippen LogP contribution in [0.4, 0.5) is 10.1 Å². The minimum absolute atomic E-state index is 0.137. The quantitative estimate of drug-likeness (QED) is 0.879. The van der Waals surface area contributed by atoms with Crippen LogP contribution in [0.25, 0.3) is 0 Å². The van der Waals surface area contributed by atoms with E-state index >= 15 is 0 Å². The monoisotopic (exact) mass is 314 g/mol. The third-order valence-electron chi connectivity index (χ3n) is 4.35. The fourth-order valence-electron chi connectivity index (χ4n) is 3.15. The van der Waals surface area contributed by atoms with Gasteiger partial charge in [-0.3, -0.25) is 0 Å². The first-order valence-electron chi connectivity index (χ1n) is 8.14. The molecule has 0 unspecified atom stereocenters. The van der Waals surface area contributed by atoms with Gasteiger partial charge in [0.15, 0.2) is 0 Å². The van der Waals surface area contributed by atoms with E-state index in [2.05, 4.69) is 10.2 Å². The number of hydrogen-bond acceptors (Lipinski definition) is 3. The Hall–Kier alpha value is -2.07. The number of nitrogens with one attached hydrogen (secondary N) is 1. The summed E-state index contributed by atoms with van der Waals surface area (Å²) in [5.74, 6) is 0.718. The third-order valence-corrected chi connectivity index (χ3v) is 4.35. The van der Waals surface area contributed by atoms with E-state index in [0.29, 0.717) is 13.1 Å². The molecule has 0 atom stereocenters. The van der Waals surface area contributed by atoms with Gasteiger partial charge in [-0.2, -0.15) is 0 Å². The fraction of sp³-hybridized carbons (Fsp3) is 0.368. The summed E-state index contributed by atoms with van der Waals surface area (Å²) < 4.78 is 19.6. The highest BCUT2D eigenvalue weighted by Crippen LogP contribution is 2.27.